The summed E-state index contributed by atoms with van der Waals surface area (Å²) < 4.78 is 0. The highest BCUT2D eigenvalue weighted by atomic mass is 15.2. The molecule has 1 aliphatic rings. The van der Waals surface area contributed by atoms with Gasteiger partial charge in [-0.05, 0) is 57.6 Å². The van der Waals surface area contributed by atoms with Gasteiger partial charge < -0.3 is 10.2 Å². The third-order valence-electron chi connectivity index (χ3n) is 3.59. The molecule has 2 rings (SSSR count). The van der Waals surface area contributed by atoms with Crippen LogP contribution < -0.4 is 5.32 Å². The molecule has 0 saturated carbocycles. The molecule has 1 saturated heterocycles. The molecule has 3 nitrogen and oxygen atoms in total. The molecule has 1 fully saturated rings. The van der Waals surface area contributed by atoms with Crippen molar-refractivity contribution in [3.8, 4) is 0 Å². The number of nitrogens with one attached hydrogen (secondary N) is 1. The van der Waals surface area contributed by atoms with Crippen LogP contribution in [-0.4, -0.2) is 42.6 Å². The summed E-state index contributed by atoms with van der Waals surface area (Å²) in [6.07, 6.45) is 7.39. The third-order valence-corrected chi connectivity index (χ3v) is 3.59. The van der Waals surface area contributed by atoms with E-state index < -0.39 is 0 Å². The largest absolute Gasteiger partial charge is 0.313 e. The molecule has 0 radical (unpaired) electrons. The molecular weight excluding hydrogens is 198 g/mol. The predicted molar refractivity (Wildman–Crippen MR) is 66.5 cm³/mol. The van der Waals surface area contributed by atoms with E-state index in [9.17, 15) is 0 Å². The molecule has 0 aliphatic carbocycles. The van der Waals surface area contributed by atoms with Crippen LogP contribution in [0.4, 0.5) is 0 Å². The minimum absolute atomic E-state index is 0.244. The van der Waals surface area contributed by atoms with Gasteiger partial charge >= 0.3 is 0 Å². The van der Waals surface area contributed by atoms with E-state index in [1.165, 1.54) is 24.9 Å². The Labute approximate surface area is 97.9 Å². The fraction of sp³-hybridized carbons (Fsp3) is 0.615. The zero-order chi connectivity index (χ0) is 11.4. The Balaban J connectivity index is 2.10. The van der Waals surface area contributed by atoms with Crippen LogP contribution in [0.2, 0.25) is 0 Å². The van der Waals surface area contributed by atoms with Crippen LogP contribution in [0.25, 0.3) is 0 Å². The smallest absolute Gasteiger partial charge is 0.0347 e. The third kappa shape index (κ3) is 2.60. The van der Waals surface area contributed by atoms with Crippen molar-refractivity contribution < 1.29 is 0 Å². The lowest BCUT2D eigenvalue weighted by atomic mass is 9.83. The van der Waals surface area contributed by atoms with E-state index in [-0.39, 0.29) is 5.54 Å². The summed E-state index contributed by atoms with van der Waals surface area (Å²) >= 11 is 0. The monoisotopic (exact) mass is 219 g/mol. The van der Waals surface area contributed by atoms with Gasteiger partial charge in [0, 0.05) is 24.5 Å². The molecule has 1 aromatic rings. The molecule has 16 heavy (non-hydrogen) atoms. The lowest BCUT2D eigenvalue weighted by molar-refractivity contribution is 0.151. The molecule has 1 N–H and O–H groups in total. The number of rotatable bonds is 3. The summed E-state index contributed by atoms with van der Waals surface area (Å²) in [5, 5.41) is 3.53. The standard InChI is InChI=1S/C13H21N3/c1-14-13(6-3-9-16(2)11-13)10-12-4-7-15-8-5-12/h4-5,7-8,14H,3,6,9-11H2,1-2H3. The van der Waals surface area contributed by atoms with Crippen molar-refractivity contribution in [1.29, 1.82) is 0 Å². The number of hydrogen-bond donors (Lipinski definition) is 1. The molecule has 1 aliphatic heterocycles. The maximum Gasteiger partial charge on any atom is 0.0347 e. The van der Waals surface area contributed by atoms with Crippen LogP contribution in [0.15, 0.2) is 24.5 Å². The van der Waals surface area contributed by atoms with Gasteiger partial charge in [-0.15, -0.1) is 0 Å². The van der Waals surface area contributed by atoms with Gasteiger partial charge in [-0.3, -0.25) is 4.98 Å². The van der Waals surface area contributed by atoms with Crippen LogP contribution in [0.5, 0.6) is 0 Å². The molecule has 1 aromatic heterocycles. The van der Waals surface area contributed by atoms with Crippen LogP contribution in [-0.2, 0) is 6.42 Å². The van der Waals surface area contributed by atoms with Gasteiger partial charge in [0.15, 0.2) is 0 Å². The first-order valence-corrected chi connectivity index (χ1v) is 6.00. The maximum absolute atomic E-state index is 4.07. The molecule has 1 unspecified atom stereocenters. The van der Waals surface area contributed by atoms with E-state index in [1.54, 1.807) is 0 Å². The number of likely N-dealkylation sites (tertiary alicyclic amines) is 1. The van der Waals surface area contributed by atoms with Crippen molar-refractivity contribution in [3.63, 3.8) is 0 Å². The highest BCUT2D eigenvalue weighted by molar-refractivity contribution is 5.15. The highest BCUT2D eigenvalue weighted by Gasteiger charge is 2.32. The quantitative estimate of drug-likeness (QED) is 0.831. The van der Waals surface area contributed by atoms with Crippen molar-refractivity contribution in [2.24, 2.45) is 0 Å². The Morgan fingerprint density at radius 2 is 2.19 bits per heavy atom. The normalized spacial score (nSPS) is 26.9. The van der Waals surface area contributed by atoms with E-state index in [4.69, 9.17) is 0 Å². The van der Waals surface area contributed by atoms with Gasteiger partial charge in [-0.2, -0.15) is 0 Å². The number of aromatic nitrogens is 1. The maximum atomic E-state index is 4.07. The summed E-state index contributed by atoms with van der Waals surface area (Å²) in [6, 6.07) is 4.24. The zero-order valence-electron chi connectivity index (χ0n) is 10.2. The summed E-state index contributed by atoms with van der Waals surface area (Å²) in [5.74, 6) is 0. The van der Waals surface area contributed by atoms with Crippen molar-refractivity contribution in [3.05, 3.63) is 30.1 Å². The Morgan fingerprint density at radius 1 is 1.44 bits per heavy atom. The van der Waals surface area contributed by atoms with Crippen LogP contribution in [0, 0.1) is 0 Å². The van der Waals surface area contributed by atoms with Gasteiger partial charge in [-0.25, -0.2) is 0 Å². The Hall–Kier alpha value is -0.930. The number of nitrogens with zero attached hydrogens (tertiary/aromatic N) is 2. The molecular formula is C13H21N3. The molecule has 0 amide bonds. The fourth-order valence-electron chi connectivity index (χ4n) is 2.69. The SMILES string of the molecule is CNC1(Cc2ccncc2)CCCN(C)C1. The van der Waals surface area contributed by atoms with E-state index in [1.807, 2.05) is 12.4 Å². The number of hydrogen-bond acceptors (Lipinski definition) is 3. The van der Waals surface area contributed by atoms with E-state index in [0.29, 0.717) is 0 Å². The number of piperidine rings is 1. The molecule has 3 heteroatoms. The van der Waals surface area contributed by atoms with Crippen molar-refractivity contribution in [2.45, 2.75) is 24.8 Å². The van der Waals surface area contributed by atoms with E-state index >= 15 is 0 Å². The van der Waals surface area contributed by atoms with E-state index in [2.05, 4.69) is 41.4 Å². The predicted octanol–water partition coefficient (Wildman–Crippen LogP) is 1.31. The van der Waals surface area contributed by atoms with Crippen molar-refractivity contribution in [2.75, 3.05) is 27.2 Å². The van der Waals surface area contributed by atoms with Crippen molar-refractivity contribution in [1.82, 2.24) is 15.2 Å². The molecule has 88 valence electrons. The van der Waals surface area contributed by atoms with Gasteiger partial charge in [-0.1, -0.05) is 0 Å². The highest BCUT2D eigenvalue weighted by Crippen LogP contribution is 2.24. The molecule has 2 heterocycles. The summed E-state index contributed by atoms with van der Waals surface area (Å²) in [7, 11) is 4.29. The van der Waals surface area contributed by atoms with Gasteiger partial charge in [0.05, 0.1) is 0 Å². The minimum atomic E-state index is 0.244. The van der Waals surface area contributed by atoms with Crippen molar-refractivity contribution >= 4 is 0 Å². The first-order valence-electron chi connectivity index (χ1n) is 6.00. The fourth-order valence-corrected chi connectivity index (χ4v) is 2.69. The second-order valence-electron chi connectivity index (χ2n) is 4.90. The topological polar surface area (TPSA) is 28.2 Å². The van der Waals surface area contributed by atoms with E-state index in [0.717, 1.165) is 13.0 Å². The first-order chi connectivity index (χ1) is 7.74. The van der Waals surface area contributed by atoms with Crippen LogP contribution in [0.1, 0.15) is 18.4 Å². The van der Waals surface area contributed by atoms with Gasteiger partial charge in [0.2, 0.25) is 0 Å². The lowest BCUT2D eigenvalue weighted by Crippen LogP contribution is -2.56. The number of pyridine rings is 1. The average Bonchev–Trinajstić information content (AvgIpc) is 2.30. The van der Waals surface area contributed by atoms with Gasteiger partial charge in [0.25, 0.3) is 0 Å². The van der Waals surface area contributed by atoms with Gasteiger partial charge in [0.1, 0.15) is 0 Å². The Bertz CT molecular complexity index is 325. The minimum Gasteiger partial charge on any atom is -0.313 e. The summed E-state index contributed by atoms with van der Waals surface area (Å²) in [5.41, 5.74) is 1.62. The first kappa shape index (κ1) is 11.6. The molecule has 0 spiro atoms. The summed E-state index contributed by atoms with van der Waals surface area (Å²) in [4.78, 5) is 6.49. The molecule has 0 bridgehead atoms. The lowest BCUT2D eigenvalue weighted by Gasteiger charge is -2.41. The Morgan fingerprint density at radius 3 is 2.81 bits per heavy atom. The average molecular weight is 219 g/mol. The molecule has 1 atom stereocenters. The second kappa shape index (κ2) is 4.93. The number of likely N-dealkylation sites (N-methyl/N-ethyl adjacent to an activating group) is 2. The Kier molecular flexibility index (Phi) is 3.56. The summed E-state index contributed by atoms with van der Waals surface area (Å²) in [6.45, 7) is 2.35. The zero-order valence-corrected chi connectivity index (χ0v) is 10.2. The second-order valence-corrected chi connectivity index (χ2v) is 4.90. The molecule has 0 aromatic carbocycles. The van der Waals surface area contributed by atoms with Crippen LogP contribution >= 0.6 is 0 Å². The van der Waals surface area contributed by atoms with Crippen LogP contribution in [0.3, 0.4) is 0 Å².